The summed E-state index contributed by atoms with van der Waals surface area (Å²) in [6.07, 6.45) is 0. The lowest BCUT2D eigenvalue weighted by atomic mass is 10.1. The van der Waals surface area contributed by atoms with Gasteiger partial charge in [0.1, 0.15) is 12.4 Å². The molecule has 0 unspecified atom stereocenters. The largest absolute Gasteiger partial charge is 0.492 e. The fourth-order valence-electron chi connectivity index (χ4n) is 4.10. The lowest BCUT2D eigenvalue weighted by Crippen LogP contribution is -2.40. The van der Waals surface area contributed by atoms with Crippen LogP contribution in [0.25, 0.3) is 0 Å². The van der Waals surface area contributed by atoms with E-state index < -0.39 is 0 Å². The number of ether oxygens (including phenoxy) is 2. The zero-order chi connectivity index (χ0) is 25.7. The van der Waals surface area contributed by atoms with E-state index >= 15 is 0 Å². The molecule has 3 aromatic carbocycles. The van der Waals surface area contributed by atoms with Crippen LogP contribution in [0.3, 0.4) is 0 Å². The SMILES string of the molecule is Cc1cc(C#Cc2ccc(Cl)cc2)ccc1OCCNCc1ccc(CNCCN2CCOCC2)cc1. The van der Waals surface area contributed by atoms with Crippen LogP contribution in [0.4, 0.5) is 0 Å². The highest BCUT2D eigenvalue weighted by atomic mass is 35.5. The number of aryl methyl sites for hydroxylation is 1. The molecule has 1 aliphatic heterocycles. The molecule has 1 heterocycles. The van der Waals surface area contributed by atoms with Gasteiger partial charge in [0.25, 0.3) is 0 Å². The number of rotatable bonds is 11. The summed E-state index contributed by atoms with van der Waals surface area (Å²) in [4.78, 5) is 2.45. The van der Waals surface area contributed by atoms with E-state index in [0.717, 1.165) is 81.5 Å². The summed E-state index contributed by atoms with van der Waals surface area (Å²) >= 11 is 5.93. The Balaban J connectivity index is 1.11. The van der Waals surface area contributed by atoms with Gasteiger partial charge in [-0.05, 0) is 66.1 Å². The highest BCUT2D eigenvalue weighted by molar-refractivity contribution is 6.30. The Morgan fingerprint density at radius 1 is 0.838 bits per heavy atom. The van der Waals surface area contributed by atoms with E-state index in [1.165, 1.54) is 11.1 Å². The quantitative estimate of drug-likeness (QED) is 0.287. The van der Waals surface area contributed by atoms with Crippen molar-refractivity contribution in [2.45, 2.75) is 20.0 Å². The second kappa shape index (κ2) is 14.8. The number of nitrogens with zero attached hydrogens (tertiary/aromatic N) is 1. The van der Waals surface area contributed by atoms with Crippen molar-refractivity contribution in [3.05, 3.63) is 99.6 Å². The van der Waals surface area contributed by atoms with Gasteiger partial charge in [-0.2, -0.15) is 0 Å². The molecule has 0 bridgehead atoms. The van der Waals surface area contributed by atoms with Crippen LogP contribution in [-0.4, -0.2) is 57.4 Å². The Morgan fingerprint density at radius 2 is 1.46 bits per heavy atom. The minimum absolute atomic E-state index is 0.613. The first-order chi connectivity index (χ1) is 18.2. The molecule has 0 aliphatic carbocycles. The van der Waals surface area contributed by atoms with Crippen LogP contribution in [0.15, 0.2) is 66.7 Å². The Hall–Kier alpha value is -2.85. The number of hydrogen-bond acceptors (Lipinski definition) is 5. The van der Waals surface area contributed by atoms with E-state index in [-0.39, 0.29) is 0 Å². The van der Waals surface area contributed by atoms with E-state index in [1.807, 2.05) is 36.4 Å². The first-order valence-electron chi connectivity index (χ1n) is 13.0. The molecular formula is C31H36ClN3O2. The number of halogens is 1. The molecule has 0 atom stereocenters. The lowest BCUT2D eigenvalue weighted by molar-refractivity contribution is 0.0384. The van der Waals surface area contributed by atoms with Gasteiger partial charge < -0.3 is 20.1 Å². The predicted molar refractivity (Wildman–Crippen MR) is 151 cm³/mol. The van der Waals surface area contributed by atoms with Gasteiger partial charge >= 0.3 is 0 Å². The fraction of sp³-hybridized carbons (Fsp3) is 0.355. The molecule has 0 spiro atoms. The molecule has 2 N–H and O–H groups in total. The van der Waals surface area contributed by atoms with Crippen molar-refractivity contribution in [1.29, 1.82) is 0 Å². The Labute approximate surface area is 226 Å². The maximum absolute atomic E-state index is 5.98. The molecule has 1 aliphatic rings. The summed E-state index contributed by atoms with van der Waals surface area (Å²) in [7, 11) is 0. The smallest absolute Gasteiger partial charge is 0.122 e. The highest BCUT2D eigenvalue weighted by Gasteiger charge is 2.09. The zero-order valence-corrected chi connectivity index (χ0v) is 22.3. The summed E-state index contributed by atoms with van der Waals surface area (Å²) in [6, 6.07) is 22.4. The number of nitrogens with one attached hydrogen (secondary N) is 2. The zero-order valence-electron chi connectivity index (χ0n) is 21.6. The van der Waals surface area contributed by atoms with Crippen LogP contribution in [-0.2, 0) is 17.8 Å². The molecule has 1 fully saturated rings. The van der Waals surface area contributed by atoms with Crippen LogP contribution in [0, 0.1) is 18.8 Å². The number of morpholine rings is 1. The third-order valence-corrected chi connectivity index (χ3v) is 6.55. The van der Waals surface area contributed by atoms with Gasteiger partial charge in [-0.1, -0.05) is 47.7 Å². The molecular weight excluding hydrogens is 482 g/mol. The van der Waals surface area contributed by atoms with E-state index in [0.29, 0.717) is 11.6 Å². The molecule has 1 saturated heterocycles. The molecule has 0 saturated carbocycles. The second-order valence-electron chi connectivity index (χ2n) is 9.21. The van der Waals surface area contributed by atoms with Crippen molar-refractivity contribution in [3.63, 3.8) is 0 Å². The van der Waals surface area contributed by atoms with E-state index in [9.17, 15) is 0 Å². The van der Waals surface area contributed by atoms with Gasteiger partial charge in [-0.25, -0.2) is 0 Å². The van der Waals surface area contributed by atoms with Crippen LogP contribution in [0.1, 0.15) is 27.8 Å². The predicted octanol–water partition coefficient (Wildman–Crippen LogP) is 4.64. The van der Waals surface area contributed by atoms with Gasteiger partial charge in [0.2, 0.25) is 0 Å². The maximum atomic E-state index is 5.98. The van der Waals surface area contributed by atoms with E-state index in [2.05, 4.69) is 64.6 Å². The molecule has 5 nitrogen and oxygen atoms in total. The summed E-state index contributed by atoms with van der Waals surface area (Å²) in [6.45, 7) is 11.1. The van der Waals surface area contributed by atoms with Crippen molar-refractivity contribution in [1.82, 2.24) is 15.5 Å². The van der Waals surface area contributed by atoms with Gasteiger partial charge in [0.05, 0.1) is 13.2 Å². The third-order valence-electron chi connectivity index (χ3n) is 6.30. The lowest BCUT2D eigenvalue weighted by Gasteiger charge is -2.26. The Kier molecular flexibility index (Phi) is 10.9. The first kappa shape index (κ1) is 27.2. The van der Waals surface area contributed by atoms with Crippen molar-refractivity contribution >= 4 is 11.6 Å². The summed E-state index contributed by atoms with van der Waals surface area (Å²) < 4.78 is 11.4. The molecule has 3 aromatic rings. The Morgan fingerprint density at radius 3 is 2.14 bits per heavy atom. The van der Waals surface area contributed by atoms with Crippen LogP contribution >= 0.6 is 11.6 Å². The maximum Gasteiger partial charge on any atom is 0.122 e. The molecule has 37 heavy (non-hydrogen) atoms. The topological polar surface area (TPSA) is 45.8 Å². The van der Waals surface area contributed by atoms with Crippen molar-refractivity contribution in [2.24, 2.45) is 0 Å². The molecule has 4 rings (SSSR count). The van der Waals surface area contributed by atoms with Gasteiger partial charge in [0, 0.05) is 62.0 Å². The molecule has 0 amide bonds. The Bertz CT molecular complexity index is 1160. The summed E-state index contributed by atoms with van der Waals surface area (Å²) in [5.41, 5.74) is 5.58. The van der Waals surface area contributed by atoms with Crippen LogP contribution in [0.5, 0.6) is 5.75 Å². The number of benzene rings is 3. The monoisotopic (exact) mass is 517 g/mol. The molecule has 6 heteroatoms. The molecule has 0 radical (unpaired) electrons. The van der Waals surface area contributed by atoms with Crippen LogP contribution in [0.2, 0.25) is 5.02 Å². The van der Waals surface area contributed by atoms with Crippen molar-refractivity contribution in [3.8, 4) is 17.6 Å². The average molecular weight is 518 g/mol. The van der Waals surface area contributed by atoms with Crippen molar-refractivity contribution < 1.29 is 9.47 Å². The highest BCUT2D eigenvalue weighted by Crippen LogP contribution is 2.19. The molecule has 0 aromatic heterocycles. The van der Waals surface area contributed by atoms with Gasteiger partial charge in [-0.3, -0.25) is 4.90 Å². The van der Waals surface area contributed by atoms with E-state index in [4.69, 9.17) is 21.1 Å². The van der Waals surface area contributed by atoms with E-state index in [1.54, 1.807) is 0 Å². The average Bonchev–Trinajstić information content (AvgIpc) is 2.93. The first-order valence-corrected chi connectivity index (χ1v) is 13.3. The number of hydrogen-bond donors (Lipinski definition) is 2. The third kappa shape index (κ3) is 9.51. The van der Waals surface area contributed by atoms with Crippen LogP contribution < -0.4 is 15.4 Å². The standard InChI is InChI=1S/C31H36ClN3O2/c1-25-22-27(3-2-26-8-11-30(32)12-9-26)10-13-31(25)37-19-15-34-24-29-6-4-28(5-7-29)23-33-14-16-35-17-20-36-21-18-35/h4-13,22,33-34H,14-21,23-24H2,1H3. The minimum atomic E-state index is 0.613. The fourth-order valence-corrected chi connectivity index (χ4v) is 4.23. The van der Waals surface area contributed by atoms with Gasteiger partial charge in [0.15, 0.2) is 0 Å². The summed E-state index contributed by atoms with van der Waals surface area (Å²) in [5, 5.41) is 7.72. The summed E-state index contributed by atoms with van der Waals surface area (Å²) in [5.74, 6) is 7.27. The second-order valence-corrected chi connectivity index (χ2v) is 9.65. The minimum Gasteiger partial charge on any atom is -0.492 e. The molecule has 194 valence electrons. The van der Waals surface area contributed by atoms with Crippen molar-refractivity contribution in [2.75, 3.05) is 52.5 Å². The normalized spacial score (nSPS) is 13.7. The van der Waals surface area contributed by atoms with Gasteiger partial charge in [-0.15, -0.1) is 0 Å².